The third-order valence-corrected chi connectivity index (χ3v) is 10.1. The molecule has 0 saturated heterocycles. The van der Waals surface area contributed by atoms with Gasteiger partial charge in [0.15, 0.2) is 40.2 Å². The Morgan fingerprint density at radius 1 is 0.577 bits per heavy atom. The van der Waals surface area contributed by atoms with Gasteiger partial charge in [0.25, 0.3) is 0 Å². The van der Waals surface area contributed by atoms with Crippen LogP contribution >= 0.6 is 0 Å². The third-order valence-electron chi connectivity index (χ3n) is 10.1. The number of rotatable bonds is 4. The SMILES string of the molecule is CC(C)(C)c1ccnc(-n2c3ccccc3c3ccc(Oc4cc(-c5ccccn5)c5c6c4Oc4cccc7c4N6c4c(cccc4O5)O7)cc32)c1. The lowest BCUT2D eigenvalue weighted by Crippen LogP contribution is -2.24. The first-order chi connectivity index (χ1) is 25.4. The molecule has 3 aliphatic heterocycles. The molecule has 0 fully saturated rings. The van der Waals surface area contributed by atoms with E-state index in [0.29, 0.717) is 46.0 Å². The van der Waals surface area contributed by atoms with Crippen LogP contribution in [0.15, 0.2) is 128 Å². The van der Waals surface area contributed by atoms with E-state index in [1.54, 1.807) is 6.20 Å². The second-order valence-electron chi connectivity index (χ2n) is 14.3. The number of hydrogen-bond donors (Lipinski definition) is 0. The number of anilines is 3. The average molecular weight is 679 g/mol. The van der Waals surface area contributed by atoms with Crippen molar-refractivity contribution in [2.45, 2.75) is 26.2 Å². The van der Waals surface area contributed by atoms with Gasteiger partial charge in [-0.1, -0.05) is 57.2 Å². The van der Waals surface area contributed by atoms with Crippen molar-refractivity contribution >= 4 is 38.9 Å². The highest BCUT2D eigenvalue weighted by atomic mass is 16.5. The summed E-state index contributed by atoms with van der Waals surface area (Å²) >= 11 is 0. The third kappa shape index (κ3) is 4.09. The van der Waals surface area contributed by atoms with Crippen molar-refractivity contribution in [3.05, 3.63) is 133 Å². The summed E-state index contributed by atoms with van der Waals surface area (Å²) in [5.74, 6) is 5.96. The van der Waals surface area contributed by atoms with Crippen LogP contribution in [0.25, 0.3) is 38.9 Å². The van der Waals surface area contributed by atoms with E-state index >= 15 is 0 Å². The number of hydrogen-bond acceptors (Lipinski definition) is 7. The summed E-state index contributed by atoms with van der Waals surface area (Å²) in [7, 11) is 0. The number of ether oxygens (including phenoxy) is 4. The number of fused-ring (bicyclic) bond motifs is 3. The number of para-hydroxylation sites is 3. The van der Waals surface area contributed by atoms with Crippen molar-refractivity contribution in [2.24, 2.45) is 0 Å². The maximum atomic E-state index is 6.93. The van der Waals surface area contributed by atoms with Gasteiger partial charge in [-0.05, 0) is 83.8 Å². The standard InChI is InChI=1S/C44H30N4O4/c1-44(2,3)25-19-21-46-38(22-25)47-31-12-5-4-10-27(31)28-18-17-26(23-32(28)47)49-37-24-29(30-11-6-7-20-45-30)42-41-43(37)52-36-16-9-14-34-40(36)48(41)39-33(50-34)13-8-15-35(39)51-42/h4-24H,1-3H3. The highest BCUT2D eigenvalue weighted by molar-refractivity contribution is 6.09. The minimum Gasteiger partial charge on any atom is -0.453 e. The van der Waals surface area contributed by atoms with Gasteiger partial charge in [-0.15, -0.1) is 0 Å². The van der Waals surface area contributed by atoms with Gasteiger partial charge in [0.2, 0.25) is 0 Å². The molecule has 0 unspecified atom stereocenters. The zero-order valence-electron chi connectivity index (χ0n) is 28.5. The molecule has 5 aromatic carbocycles. The maximum Gasteiger partial charge on any atom is 0.197 e. The van der Waals surface area contributed by atoms with Gasteiger partial charge in [-0.25, -0.2) is 4.98 Å². The number of benzene rings is 5. The van der Waals surface area contributed by atoms with E-state index in [4.69, 9.17) is 28.9 Å². The van der Waals surface area contributed by atoms with E-state index in [1.807, 2.05) is 72.9 Å². The Morgan fingerprint density at radius 3 is 2.04 bits per heavy atom. The molecule has 11 rings (SSSR count). The number of nitrogens with zero attached hydrogens (tertiary/aromatic N) is 4. The van der Waals surface area contributed by atoms with Crippen molar-refractivity contribution in [3.8, 4) is 63.1 Å². The molecule has 0 radical (unpaired) electrons. The fourth-order valence-electron chi connectivity index (χ4n) is 7.65. The fourth-order valence-corrected chi connectivity index (χ4v) is 7.65. The molecule has 0 aliphatic carbocycles. The lowest BCUT2D eigenvalue weighted by Gasteiger charge is -2.42. The topological polar surface area (TPSA) is 70.9 Å². The summed E-state index contributed by atoms with van der Waals surface area (Å²) in [4.78, 5) is 11.8. The van der Waals surface area contributed by atoms with E-state index in [9.17, 15) is 0 Å². The highest BCUT2D eigenvalue weighted by Gasteiger charge is 2.44. The molecule has 8 nitrogen and oxygen atoms in total. The molecular formula is C44H30N4O4. The van der Waals surface area contributed by atoms with Crippen LogP contribution in [0.3, 0.4) is 0 Å². The first-order valence-corrected chi connectivity index (χ1v) is 17.3. The molecule has 0 saturated carbocycles. The van der Waals surface area contributed by atoms with E-state index < -0.39 is 0 Å². The minimum atomic E-state index is -0.0330. The fraction of sp³-hybridized carbons (Fsp3) is 0.0909. The van der Waals surface area contributed by atoms with Gasteiger partial charge < -0.3 is 18.9 Å². The van der Waals surface area contributed by atoms with Crippen molar-refractivity contribution in [3.63, 3.8) is 0 Å². The first-order valence-electron chi connectivity index (χ1n) is 17.3. The lowest BCUT2D eigenvalue weighted by molar-refractivity contribution is 0.394. The quantitative estimate of drug-likeness (QED) is 0.183. The zero-order valence-corrected chi connectivity index (χ0v) is 28.5. The predicted octanol–water partition coefficient (Wildman–Crippen LogP) is 12.1. The molecule has 0 atom stereocenters. The number of pyridine rings is 2. The summed E-state index contributed by atoms with van der Waals surface area (Å²) in [6.45, 7) is 6.66. The van der Waals surface area contributed by atoms with E-state index in [0.717, 1.165) is 55.9 Å². The van der Waals surface area contributed by atoms with Crippen molar-refractivity contribution in [2.75, 3.05) is 4.90 Å². The summed E-state index contributed by atoms with van der Waals surface area (Å²) in [6, 6.07) is 38.4. The van der Waals surface area contributed by atoms with Gasteiger partial charge in [0.1, 0.15) is 28.6 Å². The average Bonchev–Trinajstić information content (AvgIpc) is 3.49. The lowest BCUT2D eigenvalue weighted by atomic mass is 9.88. The van der Waals surface area contributed by atoms with Gasteiger partial charge in [0, 0.05) is 34.8 Å². The molecule has 8 heteroatoms. The highest BCUT2D eigenvalue weighted by Crippen LogP contribution is 2.69. The second-order valence-corrected chi connectivity index (χ2v) is 14.3. The smallest absolute Gasteiger partial charge is 0.197 e. The molecule has 6 heterocycles. The van der Waals surface area contributed by atoms with Crippen molar-refractivity contribution in [1.82, 2.24) is 14.5 Å². The Bertz CT molecular complexity index is 2780. The Kier molecular flexibility index (Phi) is 5.78. The first kappa shape index (κ1) is 29.0. The molecule has 0 bridgehead atoms. The van der Waals surface area contributed by atoms with E-state index in [1.165, 1.54) is 5.56 Å². The molecule has 3 aliphatic rings. The molecule has 0 N–H and O–H groups in total. The molecule has 52 heavy (non-hydrogen) atoms. The van der Waals surface area contributed by atoms with Gasteiger partial charge >= 0.3 is 0 Å². The van der Waals surface area contributed by atoms with Crippen LogP contribution in [0.4, 0.5) is 17.1 Å². The second kappa shape index (κ2) is 10.4. The van der Waals surface area contributed by atoms with Crippen LogP contribution in [-0.4, -0.2) is 14.5 Å². The Hall–Kier alpha value is -6.80. The minimum absolute atomic E-state index is 0.0330. The van der Waals surface area contributed by atoms with Crippen molar-refractivity contribution < 1.29 is 18.9 Å². The van der Waals surface area contributed by atoms with E-state index in [2.05, 4.69) is 78.8 Å². The predicted molar refractivity (Wildman–Crippen MR) is 202 cm³/mol. The van der Waals surface area contributed by atoms with Crippen LogP contribution in [-0.2, 0) is 5.41 Å². The molecule has 250 valence electrons. The van der Waals surface area contributed by atoms with Gasteiger partial charge in [0.05, 0.1) is 16.7 Å². The van der Waals surface area contributed by atoms with Crippen molar-refractivity contribution in [1.29, 1.82) is 0 Å². The van der Waals surface area contributed by atoms with Gasteiger partial charge in [-0.2, -0.15) is 0 Å². The molecule has 0 spiro atoms. The Balaban J connectivity index is 1.13. The monoisotopic (exact) mass is 678 g/mol. The Morgan fingerprint density at radius 2 is 1.29 bits per heavy atom. The van der Waals surface area contributed by atoms with Gasteiger partial charge in [-0.3, -0.25) is 14.5 Å². The Labute approximate surface area is 299 Å². The molecular weight excluding hydrogens is 649 g/mol. The molecule has 0 amide bonds. The van der Waals surface area contributed by atoms with Crippen LogP contribution in [0.2, 0.25) is 0 Å². The van der Waals surface area contributed by atoms with Crippen LogP contribution in [0.5, 0.6) is 46.0 Å². The maximum absolute atomic E-state index is 6.93. The summed E-state index contributed by atoms with van der Waals surface area (Å²) in [6.07, 6.45) is 3.68. The van der Waals surface area contributed by atoms with Crippen LogP contribution in [0.1, 0.15) is 26.3 Å². The van der Waals surface area contributed by atoms with Crippen LogP contribution < -0.4 is 23.8 Å². The molecule has 8 aromatic rings. The molecule has 3 aromatic heterocycles. The zero-order chi connectivity index (χ0) is 34.7. The summed E-state index contributed by atoms with van der Waals surface area (Å²) < 4.78 is 29.0. The van der Waals surface area contributed by atoms with Crippen LogP contribution in [0, 0.1) is 0 Å². The normalized spacial score (nSPS) is 13.3. The summed E-state index contributed by atoms with van der Waals surface area (Å²) in [5.41, 5.74) is 7.14. The summed E-state index contributed by atoms with van der Waals surface area (Å²) in [5, 5.41) is 2.25. The largest absolute Gasteiger partial charge is 0.453 e. The van der Waals surface area contributed by atoms with E-state index in [-0.39, 0.29) is 5.41 Å². The number of aromatic nitrogens is 3.